The average molecular weight is 456 g/mol. The van der Waals surface area contributed by atoms with Gasteiger partial charge in [-0.25, -0.2) is 5.48 Å². The van der Waals surface area contributed by atoms with Crippen molar-refractivity contribution in [3.05, 3.63) is 70.8 Å². The van der Waals surface area contributed by atoms with Gasteiger partial charge in [0.05, 0.1) is 12.7 Å². The van der Waals surface area contributed by atoms with Gasteiger partial charge in [-0.1, -0.05) is 31.4 Å². The second-order valence-electron chi connectivity index (χ2n) is 7.42. The fourth-order valence-corrected chi connectivity index (χ4v) is 2.88. The Balaban J connectivity index is 0.00000544. The molecule has 2 amide bonds. The number of carbonyl (C=O) groups excluding carboxylic acids is 2. The Morgan fingerprint density at radius 1 is 1.06 bits per heavy atom. The van der Waals surface area contributed by atoms with Crippen molar-refractivity contribution in [2.24, 2.45) is 0 Å². The van der Waals surface area contributed by atoms with Gasteiger partial charge in [-0.15, -0.1) is 0 Å². The summed E-state index contributed by atoms with van der Waals surface area (Å²) < 4.78 is 5.09. The van der Waals surface area contributed by atoms with Crippen LogP contribution in [-0.4, -0.2) is 66.5 Å². The number of carbonyl (C=O) groups is 2. The molecule has 0 saturated carbocycles. The number of methoxy groups -OCH3 is 1. The zero-order chi connectivity index (χ0) is 23.5. The molecule has 0 aliphatic carbocycles. The molecular formula is C25H33N3O5. The minimum Gasteiger partial charge on any atom is -0.391 e. The second-order valence-corrected chi connectivity index (χ2v) is 7.42. The minimum absolute atomic E-state index is 0. The first-order valence-corrected chi connectivity index (χ1v) is 10.2. The van der Waals surface area contributed by atoms with Crippen LogP contribution < -0.4 is 10.8 Å². The summed E-state index contributed by atoms with van der Waals surface area (Å²) in [6.07, 6.45) is -1.17. The molecule has 0 aliphatic heterocycles. The van der Waals surface area contributed by atoms with Crippen molar-refractivity contribution in [3.8, 4) is 11.8 Å². The maximum atomic E-state index is 12.3. The Kier molecular flexibility index (Phi) is 11.8. The first-order valence-electron chi connectivity index (χ1n) is 10.2. The van der Waals surface area contributed by atoms with E-state index in [1.54, 1.807) is 31.4 Å². The summed E-state index contributed by atoms with van der Waals surface area (Å²) in [6, 6.07) is 13.3. The molecule has 0 bridgehead atoms. The van der Waals surface area contributed by atoms with E-state index >= 15 is 0 Å². The Bertz CT molecular complexity index is 947. The summed E-state index contributed by atoms with van der Waals surface area (Å²) in [6.45, 7) is 3.72. The molecule has 178 valence electrons. The lowest BCUT2D eigenvalue weighted by molar-refractivity contribution is -0.133. The largest absolute Gasteiger partial charge is 0.391 e. The third-order valence-corrected chi connectivity index (χ3v) is 4.74. The number of aliphatic hydroxyl groups excluding tert-OH is 1. The fourth-order valence-electron chi connectivity index (χ4n) is 2.88. The van der Waals surface area contributed by atoms with Crippen LogP contribution in [0, 0.1) is 11.8 Å². The number of ether oxygens (including phenoxy) is 1. The van der Waals surface area contributed by atoms with Gasteiger partial charge in [0.15, 0.2) is 0 Å². The summed E-state index contributed by atoms with van der Waals surface area (Å²) in [5, 5.41) is 20.7. The van der Waals surface area contributed by atoms with Gasteiger partial charge in [0, 0.05) is 36.9 Å². The molecule has 8 heteroatoms. The molecule has 0 unspecified atom stereocenters. The van der Waals surface area contributed by atoms with Crippen molar-refractivity contribution in [3.63, 3.8) is 0 Å². The molecular weight excluding hydrogens is 422 g/mol. The van der Waals surface area contributed by atoms with E-state index in [2.05, 4.69) is 22.1 Å². The van der Waals surface area contributed by atoms with Crippen molar-refractivity contribution in [2.45, 2.75) is 33.0 Å². The number of likely N-dealkylation sites (N-methyl/N-ethyl adjacent to an activating group) is 1. The topological polar surface area (TPSA) is 111 Å². The van der Waals surface area contributed by atoms with Crippen molar-refractivity contribution >= 4 is 11.8 Å². The number of rotatable bonds is 9. The summed E-state index contributed by atoms with van der Waals surface area (Å²) in [7, 11) is 3.73. The summed E-state index contributed by atoms with van der Waals surface area (Å²) in [5.74, 6) is 4.70. The van der Waals surface area contributed by atoms with E-state index in [0.717, 1.165) is 24.2 Å². The van der Waals surface area contributed by atoms with Crippen LogP contribution in [0.1, 0.15) is 41.4 Å². The molecule has 33 heavy (non-hydrogen) atoms. The standard InChI is InChI=1S/C24H29N3O5.CH4/c1-17(28)22(24(30)26-31)25-23(29)21-12-10-19(11-13-21)5-4-18-6-8-20(9-7-18)16-27(2)14-15-32-3;/h6-13,17,22,28,31H,14-16H2,1-3H3,(H,25,29)(H,26,30);1H4/t17-,22+;/m1./s1. The van der Waals surface area contributed by atoms with Gasteiger partial charge >= 0.3 is 0 Å². The summed E-state index contributed by atoms with van der Waals surface area (Å²) in [5.41, 5.74) is 4.52. The van der Waals surface area contributed by atoms with E-state index in [1.165, 1.54) is 18.0 Å². The van der Waals surface area contributed by atoms with E-state index in [-0.39, 0.29) is 7.43 Å². The number of nitrogens with zero attached hydrogens (tertiary/aromatic N) is 1. The number of hydroxylamine groups is 1. The molecule has 4 N–H and O–H groups in total. The smallest absolute Gasteiger partial charge is 0.268 e. The molecule has 8 nitrogen and oxygen atoms in total. The molecule has 0 fully saturated rings. The van der Waals surface area contributed by atoms with Gasteiger partial charge in [0.1, 0.15) is 6.04 Å². The lowest BCUT2D eigenvalue weighted by atomic mass is 10.1. The van der Waals surface area contributed by atoms with Gasteiger partial charge in [-0.3, -0.25) is 19.7 Å². The zero-order valence-corrected chi connectivity index (χ0v) is 18.5. The van der Waals surface area contributed by atoms with Gasteiger partial charge in [-0.05, 0) is 55.9 Å². The van der Waals surface area contributed by atoms with Crippen LogP contribution in [0.5, 0.6) is 0 Å². The van der Waals surface area contributed by atoms with E-state index in [0.29, 0.717) is 12.2 Å². The van der Waals surface area contributed by atoms with Crippen LogP contribution in [0.4, 0.5) is 0 Å². The summed E-state index contributed by atoms with van der Waals surface area (Å²) >= 11 is 0. The number of benzene rings is 2. The zero-order valence-electron chi connectivity index (χ0n) is 18.5. The fraction of sp³-hybridized carbons (Fsp3) is 0.360. The van der Waals surface area contributed by atoms with Crippen LogP contribution in [0.25, 0.3) is 0 Å². The summed E-state index contributed by atoms with van der Waals surface area (Å²) in [4.78, 5) is 26.0. The highest BCUT2D eigenvalue weighted by Gasteiger charge is 2.25. The van der Waals surface area contributed by atoms with Crippen LogP contribution in [0.3, 0.4) is 0 Å². The highest BCUT2D eigenvalue weighted by molar-refractivity contribution is 5.97. The van der Waals surface area contributed by atoms with Crippen molar-refractivity contribution in [2.75, 3.05) is 27.3 Å². The highest BCUT2D eigenvalue weighted by Crippen LogP contribution is 2.08. The van der Waals surface area contributed by atoms with Gasteiger partial charge < -0.3 is 15.2 Å². The maximum absolute atomic E-state index is 12.3. The Labute approximate surface area is 195 Å². The Morgan fingerprint density at radius 3 is 2.09 bits per heavy atom. The number of amides is 2. The van der Waals surface area contributed by atoms with Gasteiger partial charge in [0.2, 0.25) is 0 Å². The van der Waals surface area contributed by atoms with Crippen molar-refractivity contribution in [1.29, 1.82) is 0 Å². The highest BCUT2D eigenvalue weighted by atomic mass is 16.5. The second kappa shape index (κ2) is 14.0. The predicted octanol–water partition coefficient (Wildman–Crippen LogP) is 1.79. The number of hydrogen-bond acceptors (Lipinski definition) is 6. The van der Waals surface area contributed by atoms with E-state index < -0.39 is 24.0 Å². The molecule has 0 aliphatic rings. The lowest BCUT2D eigenvalue weighted by Gasteiger charge is -2.19. The van der Waals surface area contributed by atoms with E-state index in [1.807, 2.05) is 31.3 Å². The molecule has 0 heterocycles. The predicted molar refractivity (Wildman–Crippen MR) is 127 cm³/mol. The van der Waals surface area contributed by atoms with Crippen LogP contribution in [0.15, 0.2) is 48.5 Å². The van der Waals surface area contributed by atoms with Crippen molar-refractivity contribution in [1.82, 2.24) is 15.7 Å². The quantitative estimate of drug-likeness (QED) is 0.261. The Hall–Kier alpha value is -3.22. The molecule has 0 aromatic heterocycles. The van der Waals surface area contributed by atoms with Crippen LogP contribution in [-0.2, 0) is 16.1 Å². The average Bonchev–Trinajstić information content (AvgIpc) is 2.80. The van der Waals surface area contributed by atoms with Gasteiger partial charge in [-0.2, -0.15) is 0 Å². The maximum Gasteiger partial charge on any atom is 0.268 e. The SMILES string of the molecule is C.COCCN(C)Cc1ccc(C#Cc2ccc(C(=O)N[C@H](C(=O)NO)[C@@H](C)O)cc2)cc1. The number of nitrogens with one attached hydrogen (secondary N) is 2. The van der Waals surface area contributed by atoms with Crippen molar-refractivity contribution < 1.29 is 24.6 Å². The van der Waals surface area contributed by atoms with Crippen LogP contribution in [0.2, 0.25) is 0 Å². The third kappa shape index (κ3) is 9.04. The minimum atomic E-state index is -1.27. The molecule has 0 saturated heterocycles. The lowest BCUT2D eigenvalue weighted by Crippen LogP contribution is -2.51. The van der Waals surface area contributed by atoms with E-state index in [4.69, 9.17) is 9.94 Å². The first kappa shape index (κ1) is 27.8. The Morgan fingerprint density at radius 2 is 1.61 bits per heavy atom. The number of aliphatic hydroxyl groups is 1. The number of hydrogen-bond donors (Lipinski definition) is 4. The first-order chi connectivity index (χ1) is 15.3. The third-order valence-electron chi connectivity index (χ3n) is 4.74. The molecule has 2 atom stereocenters. The molecule has 0 spiro atoms. The monoisotopic (exact) mass is 455 g/mol. The van der Waals surface area contributed by atoms with Gasteiger partial charge in [0.25, 0.3) is 11.8 Å². The van der Waals surface area contributed by atoms with Crippen LogP contribution >= 0.6 is 0 Å². The normalized spacial score (nSPS) is 12.1. The molecule has 2 aromatic rings. The van der Waals surface area contributed by atoms with E-state index in [9.17, 15) is 14.7 Å². The molecule has 2 rings (SSSR count). The molecule has 0 radical (unpaired) electrons. The molecule has 2 aromatic carbocycles.